The molecule has 0 amide bonds. The average Bonchev–Trinajstić information content (AvgIpc) is 2.84. The molecule has 0 aliphatic carbocycles. The largest absolute Gasteiger partial charge is 0.416 e. The third-order valence-electron chi connectivity index (χ3n) is 2.69. The van der Waals surface area contributed by atoms with Crippen LogP contribution in [0.1, 0.15) is 23.4 Å². The maximum atomic E-state index is 12.8. The molecule has 2 aromatic heterocycles. The second-order valence-corrected chi connectivity index (χ2v) is 6.02. The van der Waals surface area contributed by atoms with Crippen LogP contribution in [0.15, 0.2) is 24.3 Å². The third kappa shape index (κ3) is 3.99. The SMILES string of the molecule is CC(Nc1cc(C(F)(F)F)cc(NN)n1)c1ccc(Cl)s1. The molecule has 0 aliphatic rings. The van der Waals surface area contributed by atoms with Crippen molar-refractivity contribution < 1.29 is 13.2 Å². The number of thiophene rings is 1. The second-order valence-electron chi connectivity index (χ2n) is 4.28. The van der Waals surface area contributed by atoms with Gasteiger partial charge >= 0.3 is 6.18 Å². The zero-order valence-electron chi connectivity index (χ0n) is 10.8. The number of anilines is 2. The van der Waals surface area contributed by atoms with Crippen molar-refractivity contribution in [2.24, 2.45) is 5.84 Å². The normalized spacial score (nSPS) is 13.0. The van der Waals surface area contributed by atoms with Crippen LogP contribution in [0.2, 0.25) is 4.34 Å². The summed E-state index contributed by atoms with van der Waals surface area (Å²) in [5.74, 6) is 5.17. The van der Waals surface area contributed by atoms with E-state index in [1.807, 2.05) is 0 Å². The van der Waals surface area contributed by atoms with E-state index in [0.717, 1.165) is 17.0 Å². The Morgan fingerprint density at radius 3 is 2.48 bits per heavy atom. The number of nitrogens with two attached hydrogens (primary N) is 1. The zero-order chi connectivity index (χ0) is 15.6. The number of hydrogen-bond acceptors (Lipinski definition) is 5. The Morgan fingerprint density at radius 1 is 1.29 bits per heavy atom. The van der Waals surface area contributed by atoms with Gasteiger partial charge < -0.3 is 10.7 Å². The molecule has 1 unspecified atom stereocenters. The number of hydrogen-bond donors (Lipinski definition) is 3. The van der Waals surface area contributed by atoms with E-state index in [1.165, 1.54) is 11.3 Å². The Morgan fingerprint density at radius 2 is 1.95 bits per heavy atom. The summed E-state index contributed by atoms with van der Waals surface area (Å²) < 4.78 is 39.0. The van der Waals surface area contributed by atoms with Crippen molar-refractivity contribution in [3.05, 3.63) is 39.0 Å². The van der Waals surface area contributed by atoms with Gasteiger partial charge in [-0.15, -0.1) is 11.3 Å². The number of nitrogens with one attached hydrogen (secondary N) is 2. The first-order valence-electron chi connectivity index (χ1n) is 5.87. The molecule has 0 radical (unpaired) electrons. The molecule has 0 fully saturated rings. The van der Waals surface area contributed by atoms with Gasteiger partial charge in [-0.3, -0.25) is 0 Å². The molecule has 0 aliphatic heterocycles. The van der Waals surface area contributed by atoms with E-state index in [1.54, 1.807) is 19.1 Å². The van der Waals surface area contributed by atoms with E-state index >= 15 is 0 Å². The maximum Gasteiger partial charge on any atom is 0.416 e. The van der Waals surface area contributed by atoms with Gasteiger partial charge in [-0.25, -0.2) is 10.8 Å². The molecule has 4 nitrogen and oxygen atoms in total. The maximum absolute atomic E-state index is 12.8. The molecule has 21 heavy (non-hydrogen) atoms. The Balaban J connectivity index is 2.27. The fraction of sp³-hybridized carbons (Fsp3) is 0.250. The minimum absolute atomic E-state index is 0.0660. The number of hydrazine groups is 1. The summed E-state index contributed by atoms with van der Waals surface area (Å²) in [7, 11) is 0. The lowest BCUT2D eigenvalue weighted by molar-refractivity contribution is -0.137. The number of alkyl halides is 3. The molecule has 0 saturated heterocycles. The molecule has 0 saturated carbocycles. The number of pyridine rings is 1. The Labute approximate surface area is 128 Å². The van der Waals surface area contributed by atoms with E-state index in [2.05, 4.69) is 15.7 Å². The minimum Gasteiger partial charge on any atom is -0.363 e. The molecule has 0 aromatic carbocycles. The van der Waals surface area contributed by atoms with Gasteiger partial charge in [-0.2, -0.15) is 13.2 Å². The highest BCUT2D eigenvalue weighted by Gasteiger charge is 2.31. The van der Waals surface area contributed by atoms with Gasteiger partial charge in [0.2, 0.25) is 0 Å². The van der Waals surface area contributed by atoms with Crippen LogP contribution < -0.4 is 16.6 Å². The highest BCUT2D eigenvalue weighted by molar-refractivity contribution is 7.16. The van der Waals surface area contributed by atoms with E-state index in [-0.39, 0.29) is 17.7 Å². The summed E-state index contributed by atoms with van der Waals surface area (Å²) in [6.45, 7) is 1.81. The predicted molar refractivity (Wildman–Crippen MR) is 78.4 cm³/mol. The van der Waals surface area contributed by atoms with Crippen LogP contribution in [0.5, 0.6) is 0 Å². The molecule has 2 aromatic rings. The van der Waals surface area contributed by atoms with Gasteiger partial charge in [0.05, 0.1) is 15.9 Å². The van der Waals surface area contributed by atoms with E-state index in [4.69, 9.17) is 17.4 Å². The standard InChI is InChI=1S/C12H12ClF3N4S/c1-6(8-2-3-9(13)21-8)18-10-4-7(12(14,15)16)5-11(19-10)20-17/h2-6H,17H2,1H3,(H2,18,19,20). The van der Waals surface area contributed by atoms with Gasteiger partial charge in [0.15, 0.2) is 0 Å². The van der Waals surface area contributed by atoms with E-state index in [9.17, 15) is 13.2 Å². The summed E-state index contributed by atoms with van der Waals surface area (Å²) in [4.78, 5) is 4.85. The van der Waals surface area contributed by atoms with Crippen molar-refractivity contribution in [2.75, 3.05) is 10.7 Å². The van der Waals surface area contributed by atoms with Crippen molar-refractivity contribution >= 4 is 34.6 Å². The van der Waals surface area contributed by atoms with Crippen molar-refractivity contribution in [2.45, 2.75) is 19.1 Å². The molecule has 4 N–H and O–H groups in total. The second kappa shape index (κ2) is 6.08. The first kappa shape index (κ1) is 15.9. The van der Waals surface area contributed by atoms with Crippen LogP contribution in [0.4, 0.5) is 24.8 Å². The number of aromatic nitrogens is 1. The summed E-state index contributed by atoms with van der Waals surface area (Å²) in [5, 5.41) is 2.90. The topological polar surface area (TPSA) is 63.0 Å². The highest BCUT2D eigenvalue weighted by Crippen LogP contribution is 2.33. The predicted octanol–water partition coefficient (Wildman–Crippen LogP) is 4.27. The van der Waals surface area contributed by atoms with Crippen molar-refractivity contribution in [3.8, 4) is 0 Å². The molecule has 2 rings (SSSR count). The minimum atomic E-state index is -4.47. The van der Waals surface area contributed by atoms with Gasteiger partial charge in [0.25, 0.3) is 0 Å². The number of nitrogen functional groups attached to an aromatic ring is 1. The summed E-state index contributed by atoms with van der Waals surface area (Å²) >= 11 is 7.19. The first-order chi connectivity index (χ1) is 9.79. The van der Waals surface area contributed by atoms with Gasteiger partial charge in [-0.1, -0.05) is 11.6 Å². The van der Waals surface area contributed by atoms with Crippen LogP contribution in [-0.4, -0.2) is 4.98 Å². The monoisotopic (exact) mass is 336 g/mol. The smallest absolute Gasteiger partial charge is 0.363 e. The van der Waals surface area contributed by atoms with E-state index < -0.39 is 11.7 Å². The van der Waals surface area contributed by atoms with Gasteiger partial charge in [0, 0.05) is 4.88 Å². The Hall–Kier alpha value is -1.51. The van der Waals surface area contributed by atoms with Crippen LogP contribution in [-0.2, 0) is 6.18 Å². The van der Waals surface area contributed by atoms with Crippen LogP contribution in [0.25, 0.3) is 0 Å². The Kier molecular flexibility index (Phi) is 4.60. The highest BCUT2D eigenvalue weighted by atomic mass is 35.5. The average molecular weight is 337 g/mol. The van der Waals surface area contributed by atoms with Crippen LogP contribution in [0, 0.1) is 0 Å². The quantitative estimate of drug-likeness (QED) is 0.576. The number of nitrogens with zero attached hydrogens (tertiary/aromatic N) is 1. The fourth-order valence-electron chi connectivity index (χ4n) is 1.70. The lowest BCUT2D eigenvalue weighted by Crippen LogP contribution is -2.14. The fourth-order valence-corrected chi connectivity index (χ4v) is 2.76. The van der Waals surface area contributed by atoms with Crippen LogP contribution in [0.3, 0.4) is 0 Å². The zero-order valence-corrected chi connectivity index (χ0v) is 12.4. The molecular formula is C12H12ClF3N4S. The Bertz CT molecular complexity index is 629. The summed E-state index contributed by atoms with van der Waals surface area (Å²) in [6, 6.07) is 5.08. The molecule has 2 heterocycles. The molecular weight excluding hydrogens is 325 g/mol. The van der Waals surface area contributed by atoms with Gasteiger partial charge in [0.1, 0.15) is 11.6 Å². The van der Waals surface area contributed by atoms with Gasteiger partial charge in [-0.05, 0) is 31.2 Å². The number of halogens is 4. The van der Waals surface area contributed by atoms with Crippen molar-refractivity contribution in [3.63, 3.8) is 0 Å². The van der Waals surface area contributed by atoms with Crippen molar-refractivity contribution in [1.82, 2.24) is 4.98 Å². The lowest BCUT2D eigenvalue weighted by Gasteiger charge is -2.16. The first-order valence-corrected chi connectivity index (χ1v) is 7.06. The molecule has 1 atom stereocenters. The van der Waals surface area contributed by atoms with Crippen LogP contribution >= 0.6 is 22.9 Å². The molecule has 0 spiro atoms. The number of rotatable bonds is 4. The summed E-state index contributed by atoms with van der Waals surface area (Å²) in [6.07, 6.45) is -4.47. The lowest BCUT2D eigenvalue weighted by atomic mass is 10.2. The van der Waals surface area contributed by atoms with E-state index in [0.29, 0.717) is 4.34 Å². The molecule has 9 heteroatoms. The third-order valence-corrected chi connectivity index (χ3v) is 4.10. The summed E-state index contributed by atoms with van der Waals surface area (Å²) in [5.41, 5.74) is 1.30. The molecule has 114 valence electrons. The molecule has 0 bridgehead atoms. The van der Waals surface area contributed by atoms with Crippen molar-refractivity contribution in [1.29, 1.82) is 0 Å².